The quantitative estimate of drug-likeness (QED) is 0.342. The molecule has 0 unspecified atom stereocenters. The molecule has 3 aromatic carbocycles. The number of carbonyl (C=O) groups excluding carboxylic acids is 1. The Bertz CT molecular complexity index is 768. The lowest BCUT2D eigenvalue weighted by Gasteiger charge is -2.07. The van der Waals surface area contributed by atoms with E-state index in [2.05, 4.69) is 12.1 Å². The Morgan fingerprint density at radius 1 is 0.750 bits per heavy atom. The predicted molar refractivity (Wildman–Crippen MR) is 99.0 cm³/mol. The molecule has 0 aliphatic carbocycles. The average Bonchev–Trinajstić information content (AvgIpc) is 2.67. The molecule has 0 saturated carbocycles. The number of hydrogen-bond acceptors (Lipinski definition) is 3. The first-order chi connectivity index (χ1) is 11.8. The van der Waals surface area contributed by atoms with Crippen LogP contribution in [0.1, 0.15) is 15.9 Å². The molecule has 0 fully saturated rings. The lowest BCUT2D eigenvalue weighted by Crippen LogP contribution is -2.02. The van der Waals surface area contributed by atoms with Crippen molar-refractivity contribution in [2.45, 2.75) is 4.90 Å². The average molecular weight is 334 g/mol. The third kappa shape index (κ3) is 4.49. The highest BCUT2D eigenvalue weighted by atomic mass is 32.2. The smallest absolute Gasteiger partial charge is 0.193 e. The SMILES string of the molecule is O=C(c1ccccc1)c1ccc(OCCSc2ccccc2)cc1. The van der Waals surface area contributed by atoms with Gasteiger partial charge in [0, 0.05) is 21.8 Å². The molecule has 0 saturated heterocycles. The molecule has 3 rings (SSSR count). The van der Waals surface area contributed by atoms with Crippen LogP contribution in [0.5, 0.6) is 5.75 Å². The highest BCUT2D eigenvalue weighted by Gasteiger charge is 2.08. The van der Waals surface area contributed by atoms with Crippen molar-refractivity contribution in [3.05, 3.63) is 96.1 Å². The summed E-state index contributed by atoms with van der Waals surface area (Å²) in [5, 5.41) is 0. The second-order valence-corrected chi connectivity index (χ2v) is 6.40. The molecule has 0 heterocycles. The highest BCUT2D eigenvalue weighted by molar-refractivity contribution is 7.99. The van der Waals surface area contributed by atoms with Crippen LogP contribution in [0.4, 0.5) is 0 Å². The molecule has 0 aliphatic heterocycles. The first-order valence-electron chi connectivity index (χ1n) is 7.83. The maximum absolute atomic E-state index is 12.3. The van der Waals surface area contributed by atoms with Crippen LogP contribution in [-0.2, 0) is 0 Å². The van der Waals surface area contributed by atoms with E-state index in [1.165, 1.54) is 4.90 Å². The van der Waals surface area contributed by atoms with Gasteiger partial charge in [0.15, 0.2) is 5.78 Å². The van der Waals surface area contributed by atoms with E-state index in [0.717, 1.165) is 11.5 Å². The van der Waals surface area contributed by atoms with Gasteiger partial charge in [-0.15, -0.1) is 11.8 Å². The van der Waals surface area contributed by atoms with Crippen LogP contribution < -0.4 is 4.74 Å². The summed E-state index contributed by atoms with van der Waals surface area (Å²) in [4.78, 5) is 13.6. The number of thioether (sulfide) groups is 1. The molecule has 3 heteroatoms. The molecule has 0 aliphatic rings. The Labute approximate surface area is 146 Å². The maximum Gasteiger partial charge on any atom is 0.193 e. The molecular weight excluding hydrogens is 316 g/mol. The summed E-state index contributed by atoms with van der Waals surface area (Å²) in [5.41, 5.74) is 1.37. The van der Waals surface area contributed by atoms with Crippen molar-refractivity contribution < 1.29 is 9.53 Å². The van der Waals surface area contributed by atoms with Gasteiger partial charge in [0.25, 0.3) is 0 Å². The summed E-state index contributed by atoms with van der Waals surface area (Å²) < 4.78 is 5.74. The van der Waals surface area contributed by atoms with E-state index >= 15 is 0 Å². The van der Waals surface area contributed by atoms with Gasteiger partial charge in [0.05, 0.1) is 6.61 Å². The zero-order chi connectivity index (χ0) is 16.6. The third-order valence-electron chi connectivity index (χ3n) is 3.52. The molecule has 2 nitrogen and oxygen atoms in total. The Hall–Kier alpha value is -2.52. The summed E-state index contributed by atoms with van der Waals surface area (Å²) in [7, 11) is 0. The van der Waals surface area contributed by atoms with Crippen LogP contribution in [0.25, 0.3) is 0 Å². The summed E-state index contributed by atoms with van der Waals surface area (Å²) in [6, 6.07) is 26.9. The van der Waals surface area contributed by atoms with Gasteiger partial charge in [0.2, 0.25) is 0 Å². The van der Waals surface area contributed by atoms with Crippen molar-refractivity contribution in [1.29, 1.82) is 0 Å². The summed E-state index contributed by atoms with van der Waals surface area (Å²) in [6.07, 6.45) is 0. The van der Waals surface area contributed by atoms with E-state index < -0.39 is 0 Å². The fraction of sp³-hybridized carbons (Fsp3) is 0.0952. The van der Waals surface area contributed by atoms with Gasteiger partial charge in [-0.05, 0) is 36.4 Å². The first-order valence-corrected chi connectivity index (χ1v) is 8.82. The second kappa shape index (κ2) is 8.37. The van der Waals surface area contributed by atoms with Crippen molar-refractivity contribution in [1.82, 2.24) is 0 Å². The standard InChI is InChI=1S/C21H18O2S/c22-21(17-7-3-1-4-8-17)18-11-13-19(14-12-18)23-15-16-24-20-9-5-2-6-10-20/h1-14H,15-16H2. The minimum Gasteiger partial charge on any atom is -0.493 e. The summed E-state index contributed by atoms with van der Waals surface area (Å²) in [5.74, 6) is 1.70. The molecule has 0 aromatic heterocycles. The van der Waals surface area contributed by atoms with Crippen LogP contribution in [0.2, 0.25) is 0 Å². The van der Waals surface area contributed by atoms with E-state index in [1.807, 2.05) is 72.8 Å². The first kappa shape index (κ1) is 16.3. The van der Waals surface area contributed by atoms with E-state index in [4.69, 9.17) is 4.74 Å². The maximum atomic E-state index is 12.3. The van der Waals surface area contributed by atoms with Gasteiger partial charge in [-0.3, -0.25) is 4.79 Å². The molecule has 24 heavy (non-hydrogen) atoms. The Kier molecular flexibility index (Phi) is 5.70. The third-order valence-corrected chi connectivity index (χ3v) is 4.49. The second-order valence-electron chi connectivity index (χ2n) is 5.23. The largest absolute Gasteiger partial charge is 0.493 e. The van der Waals surface area contributed by atoms with Gasteiger partial charge in [-0.1, -0.05) is 48.5 Å². The van der Waals surface area contributed by atoms with Crippen molar-refractivity contribution in [3.63, 3.8) is 0 Å². The summed E-state index contributed by atoms with van der Waals surface area (Å²) >= 11 is 1.77. The van der Waals surface area contributed by atoms with Crippen LogP contribution in [-0.4, -0.2) is 18.1 Å². The van der Waals surface area contributed by atoms with Gasteiger partial charge >= 0.3 is 0 Å². The van der Waals surface area contributed by atoms with Crippen molar-refractivity contribution in [2.24, 2.45) is 0 Å². The number of rotatable bonds is 7. The Morgan fingerprint density at radius 3 is 2.00 bits per heavy atom. The highest BCUT2D eigenvalue weighted by Crippen LogP contribution is 2.18. The molecule has 0 atom stereocenters. The van der Waals surface area contributed by atoms with E-state index in [0.29, 0.717) is 17.7 Å². The van der Waals surface area contributed by atoms with Gasteiger partial charge in [0.1, 0.15) is 5.75 Å². The molecule has 3 aromatic rings. The van der Waals surface area contributed by atoms with Gasteiger partial charge < -0.3 is 4.74 Å². The fourth-order valence-electron chi connectivity index (χ4n) is 2.29. The minimum absolute atomic E-state index is 0.0294. The normalized spacial score (nSPS) is 10.3. The van der Waals surface area contributed by atoms with Crippen molar-refractivity contribution in [3.8, 4) is 5.75 Å². The van der Waals surface area contributed by atoms with Gasteiger partial charge in [-0.2, -0.15) is 0 Å². The minimum atomic E-state index is 0.0294. The van der Waals surface area contributed by atoms with Crippen molar-refractivity contribution in [2.75, 3.05) is 12.4 Å². The molecule has 0 radical (unpaired) electrons. The Balaban J connectivity index is 1.50. The number of benzene rings is 3. The molecule has 0 spiro atoms. The monoisotopic (exact) mass is 334 g/mol. The zero-order valence-electron chi connectivity index (χ0n) is 13.2. The van der Waals surface area contributed by atoms with Crippen LogP contribution in [0.3, 0.4) is 0 Å². The molecule has 0 amide bonds. The van der Waals surface area contributed by atoms with E-state index in [-0.39, 0.29) is 5.78 Å². The predicted octanol–water partition coefficient (Wildman–Crippen LogP) is 5.09. The lowest BCUT2D eigenvalue weighted by molar-refractivity contribution is 0.103. The van der Waals surface area contributed by atoms with Crippen molar-refractivity contribution >= 4 is 17.5 Å². The van der Waals surface area contributed by atoms with Crippen LogP contribution in [0.15, 0.2) is 89.8 Å². The molecular formula is C21H18O2S. The van der Waals surface area contributed by atoms with E-state index in [1.54, 1.807) is 11.8 Å². The summed E-state index contributed by atoms with van der Waals surface area (Å²) in [6.45, 7) is 0.630. The van der Waals surface area contributed by atoms with E-state index in [9.17, 15) is 4.79 Å². The molecule has 120 valence electrons. The van der Waals surface area contributed by atoms with Crippen LogP contribution in [0, 0.1) is 0 Å². The lowest BCUT2D eigenvalue weighted by atomic mass is 10.0. The fourth-order valence-corrected chi connectivity index (χ4v) is 3.05. The number of hydrogen-bond donors (Lipinski definition) is 0. The topological polar surface area (TPSA) is 26.3 Å². The Morgan fingerprint density at radius 2 is 1.33 bits per heavy atom. The number of ether oxygens (including phenoxy) is 1. The number of carbonyl (C=O) groups is 1. The van der Waals surface area contributed by atoms with Crippen LogP contribution >= 0.6 is 11.8 Å². The molecule has 0 bridgehead atoms. The number of ketones is 1. The zero-order valence-corrected chi connectivity index (χ0v) is 14.0. The van der Waals surface area contributed by atoms with Gasteiger partial charge in [-0.25, -0.2) is 0 Å². The molecule has 0 N–H and O–H groups in total.